The number of hydrogen-bond donors (Lipinski definition) is 2. The zero-order valence-electron chi connectivity index (χ0n) is 21.7. The third-order valence-electron chi connectivity index (χ3n) is 7.40. The molecule has 2 amide bonds. The summed E-state index contributed by atoms with van der Waals surface area (Å²) in [6.45, 7) is 1.47. The molecule has 0 spiro atoms. The monoisotopic (exact) mass is 553 g/mol. The SMILES string of the molecule is CS(=O)(=O)N1CCN(C(=O)[C@H](CCN[C@@H]2C[C@H]2c2ccc(F)cc2)NC(=O)c2cnc3ccccc3c2)CC1. The zero-order chi connectivity index (χ0) is 27.6. The van der Waals surface area contributed by atoms with Gasteiger partial charge in [-0.05, 0) is 49.2 Å². The minimum atomic E-state index is -3.33. The van der Waals surface area contributed by atoms with Crippen LogP contribution < -0.4 is 10.6 Å². The highest BCUT2D eigenvalue weighted by Crippen LogP contribution is 2.40. The zero-order valence-corrected chi connectivity index (χ0v) is 22.5. The third kappa shape index (κ3) is 6.60. The summed E-state index contributed by atoms with van der Waals surface area (Å²) in [5.74, 6) is -0.600. The van der Waals surface area contributed by atoms with Crippen LogP contribution in [0.1, 0.15) is 34.7 Å². The molecule has 2 heterocycles. The Balaban J connectivity index is 1.24. The molecule has 1 aromatic heterocycles. The van der Waals surface area contributed by atoms with E-state index in [0.717, 1.165) is 29.1 Å². The van der Waals surface area contributed by atoms with E-state index in [1.165, 1.54) is 22.6 Å². The van der Waals surface area contributed by atoms with E-state index in [-0.39, 0.29) is 43.9 Å². The number of piperazine rings is 1. The van der Waals surface area contributed by atoms with Gasteiger partial charge >= 0.3 is 0 Å². The predicted octanol–water partition coefficient (Wildman–Crippen LogP) is 2.11. The van der Waals surface area contributed by atoms with Crippen molar-refractivity contribution in [1.29, 1.82) is 0 Å². The summed E-state index contributed by atoms with van der Waals surface area (Å²) in [5, 5.41) is 7.18. The van der Waals surface area contributed by atoms with Gasteiger partial charge < -0.3 is 15.5 Å². The molecule has 1 saturated carbocycles. The van der Waals surface area contributed by atoms with Gasteiger partial charge in [0.05, 0.1) is 17.3 Å². The number of fused-ring (bicyclic) bond motifs is 1. The van der Waals surface area contributed by atoms with Crippen LogP contribution >= 0.6 is 0 Å². The van der Waals surface area contributed by atoms with Crippen molar-refractivity contribution < 1.29 is 22.4 Å². The molecule has 0 radical (unpaired) electrons. The van der Waals surface area contributed by atoms with Crippen LogP contribution in [0, 0.1) is 5.82 Å². The van der Waals surface area contributed by atoms with Crippen molar-refractivity contribution in [2.75, 3.05) is 39.0 Å². The van der Waals surface area contributed by atoms with E-state index in [0.29, 0.717) is 24.4 Å². The second-order valence-corrected chi connectivity index (χ2v) is 12.2. The number of nitrogens with one attached hydrogen (secondary N) is 2. The Morgan fingerprint density at radius 1 is 1.08 bits per heavy atom. The lowest BCUT2D eigenvalue weighted by Gasteiger charge is -2.35. The molecule has 3 atom stereocenters. The predicted molar refractivity (Wildman–Crippen MR) is 146 cm³/mol. The number of benzene rings is 2. The fraction of sp³-hybridized carbons (Fsp3) is 0.393. The number of para-hydroxylation sites is 1. The largest absolute Gasteiger partial charge is 0.340 e. The summed E-state index contributed by atoms with van der Waals surface area (Å²) >= 11 is 0. The van der Waals surface area contributed by atoms with Gasteiger partial charge in [0, 0.05) is 49.7 Å². The number of halogens is 1. The van der Waals surface area contributed by atoms with Crippen molar-refractivity contribution in [1.82, 2.24) is 24.8 Å². The molecule has 5 rings (SSSR count). The molecule has 0 bridgehead atoms. The summed E-state index contributed by atoms with van der Waals surface area (Å²) in [7, 11) is -3.33. The van der Waals surface area contributed by atoms with Crippen LogP contribution in [0.3, 0.4) is 0 Å². The molecule has 2 N–H and O–H groups in total. The van der Waals surface area contributed by atoms with Crippen molar-refractivity contribution in [3.05, 3.63) is 77.7 Å². The summed E-state index contributed by atoms with van der Waals surface area (Å²) < 4.78 is 38.4. The third-order valence-corrected chi connectivity index (χ3v) is 8.71. The molecule has 206 valence electrons. The number of amides is 2. The number of carbonyl (C=O) groups excluding carboxylic acids is 2. The van der Waals surface area contributed by atoms with E-state index >= 15 is 0 Å². The molecule has 2 aromatic carbocycles. The Kier molecular flexibility index (Phi) is 7.92. The van der Waals surface area contributed by atoms with Crippen molar-refractivity contribution in [3.8, 4) is 0 Å². The fourth-order valence-electron chi connectivity index (χ4n) is 5.07. The lowest BCUT2D eigenvalue weighted by molar-refractivity contribution is -0.134. The summed E-state index contributed by atoms with van der Waals surface area (Å²) in [6, 6.07) is 15.2. The Morgan fingerprint density at radius 2 is 1.79 bits per heavy atom. The van der Waals surface area contributed by atoms with Crippen LogP contribution in [0.15, 0.2) is 60.8 Å². The molecule has 1 aliphatic carbocycles. The van der Waals surface area contributed by atoms with Crippen LogP contribution in [0.2, 0.25) is 0 Å². The lowest BCUT2D eigenvalue weighted by atomic mass is 10.1. The summed E-state index contributed by atoms with van der Waals surface area (Å²) in [5.41, 5.74) is 2.21. The molecule has 9 nitrogen and oxygen atoms in total. The van der Waals surface area contributed by atoms with Gasteiger partial charge in [-0.2, -0.15) is 4.31 Å². The van der Waals surface area contributed by atoms with Gasteiger partial charge in [-0.1, -0.05) is 30.3 Å². The van der Waals surface area contributed by atoms with Gasteiger partial charge in [-0.3, -0.25) is 14.6 Å². The maximum atomic E-state index is 13.5. The van der Waals surface area contributed by atoms with E-state index in [2.05, 4.69) is 15.6 Å². The van der Waals surface area contributed by atoms with Crippen molar-refractivity contribution in [3.63, 3.8) is 0 Å². The molecule has 0 unspecified atom stereocenters. The maximum Gasteiger partial charge on any atom is 0.253 e. The van der Waals surface area contributed by atoms with Crippen LogP contribution in [0.4, 0.5) is 4.39 Å². The highest BCUT2D eigenvalue weighted by molar-refractivity contribution is 7.88. The van der Waals surface area contributed by atoms with Gasteiger partial charge in [0.1, 0.15) is 11.9 Å². The van der Waals surface area contributed by atoms with E-state index in [9.17, 15) is 22.4 Å². The number of sulfonamides is 1. The van der Waals surface area contributed by atoms with Crippen LogP contribution in [0.25, 0.3) is 10.9 Å². The summed E-state index contributed by atoms with van der Waals surface area (Å²) in [4.78, 5) is 32.7. The molecule has 2 aliphatic rings. The van der Waals surface area contributed by atoms with Gasteiger partial charge in [0.25, 0.3) is 5.91 Å². The van der Waals surface area contributed by atoms with E-state index < -0.39 is 22.0 Å². The topological polar surface area (TPSA) is 112 Å². The second kappa shape index (κ2) is 11.4. The number of pyridine rings is 1. The number of hydrogen-bond acceptors (Lipinski definition) is 6. The first-order chi connectivity index (χ1) is 18.7. The Morgan fingerprint density at radius 3 is 2.51 bits per heavy atom. The minimum Gasteiger partial charge on any atom is -0.340 e. The van der Waals surface area contributed by atoms with Crippen LogP contribution in [-0.2, 0) is 14.8 Å². The number of carbonyl (C=O) groups is 2. The summed E-state index contributed by atoms with van der Waals surface area (Å²) in [6.07, 6.45) is 3.95. The molecule has 1 aliphatic heterocycles. The van der Waals surface area contributed by atoms with Crippen molar-refractivity contribution >= 4 is 32.7 Å². The van der Waals surface area contributed by atoms with Crippen LogP contribution in [-0.4, -0.2) is 85.5 Å². The first-order valence-electron chi connectivity index (χ1n) is 13.1. The molecule has 2 fully saturated rings. The Bertz CT molecular complexity index is 1460. The van der Waals surface area contributed by atoms with Gasteiger partial charge in [-0.25, -0.2) is 12.8 Å². The van der Waals surface area contributed by atoms with E-state index in [1.54, 1.807) is 23.1 Å². The van der Waals surface area contributed by atoms with E-state index in [4.69, 9.17) is 0 Å². The van der Waals surface area contributed by atoms with Gasteiger partial charge in [-0.15, -0.1) is 0 Å². The average Bonchev–Trinajstić information content (AvgIpc) is 3.71. The number of rotatable bonds is 9. The molecule has 11 heteroatoms. The smallest absolute Gasteiger partial charge is 0.253 e. The standard InChI is InChI=1S/C28H32FN5O4S/c1-39(37,38)34-14-12-33(13-15-34)28(36)25(10-11-30-26-17-23(26)19-6-8-22(29)9-7-19)32-27(35)21-16-20-4-2-3-5-24(20)31-18-21/h2-9,16,18,23,25-26,30H,10-15,17H2,1H3,(H,32,35)/t23-,25-,26+/m0/s1. The van der Waals surface area contributed by atoms with E-state index in [1.807, 2.05) is 24.3 Å². The van der Waals surface area contributed by atoms with Gasteiger partial charge in [0.2, 0.25) is 15.9 Å². The lowest BCUT2D eigenvalue weighted by Crippen LogP contribution is -2.56. The Hall–Kier alpha value is -3.41. The number of aromatic nitrogens is 1. The highest BCUT2D eigenvalue weighted by atomic mass is 32.2. The highest BCUT2D eigenvalue weighted by Gasteiger charge is 2.38. The fourth-order valence-corrected chi connectivity index (χ4v) is 5.89. The number of nitrogens with zero attached hydrogens (tertiary/aromatic N) is 3. The quantitative estimate of drug-likeness (QED) is 0.420. The van der Waals surface area contributed by atoms with Crippen molar-refractivity contribution in [2.45, 2.75) is 30.8 Å². The van der Waals surface area contributed by atoms with Crippen molar-refractivity contribution in [2.24, 2.45) is 0 Å². The average molecular weight is 554 g/mol. The second-order valence-electron chi connectivity index (χ2n) is 10.2. The van der Waals surface area contributed by atoms with Crippen LogP contribution in [0.5, 0.6) is 0 Å². The molecular weight excluding hydrogens is 521 g/mol. The maximum absolute atomic E-state index is 13.5. The Labute approximate surface area is 227 Å². The van der Waals surface area contributed by atoms with Gasteiger partial charge in [0.15, 0.2) is 0 Å². The molecule has 3 aromatic rings. The normalized spacial score (nSPS) is 20.5. The molecule has 39 heavy (non-hydrogen) atoms. The first kappa shape index (κ1) is 27.2. The molecule has 1 saturated heterocycles. The molecular formula is C28H32FN5O4S. The first-order valence-corrected chi connectivity index (χ1v) is 14.9. The minimum absolute atomic E-state index is 0.222.